The van der Waals surface area contributed by atoms with Crippen molar-refractivity contribution in [3.05, 3.63) is 197 Å². The highest BCUT2D eigenvalue weighted by Crippen LogP contribution is 2.70. The molecule has 44 heteroatoms. The number of nitrogens with zero attached hydrogens (tertiary/aromatic N) is 10. The number of alkyl halides is 14. The molecule has 6 aromatic heterocycles. The number of ketones is 2. The van der Waals surface area contributed by atoms with Gasteiger partial charge in [0.1, 0.15) is 87.4 Å². The van der Waals surface area contributed by atoms with Crippen LogP contribution < -0.4 is 0 Å². The van der Waals surface area contributed by atoms with Gasteiger partial charge in [-0.05, 0) is 162 Å². The zero-order valence-corrected chi connectivity index (χ0v) is 72.7. The standard InChI is InChI=1S/C43H38ClF8N5O5S2.C41H34ClF10N5O5S2/c1-42(2,63(3,59)60)11-10-25-4-7-28(29-8-9-32(44)36-33(20-64(61,62)27-5-6-27)54-56(39(29)36)19-34(47)48)37(53-25)22(12-21-13-23(45)16-24(46)14-21)15-26(58)18-57-40-35(38(55-57)41(49)50)30-17-31(30)43(40,51)52;1-38(2,64(4,61)62)10-9-24-5-6-26(27-7-8-30(42)33-31(18-63(3,59)60)54-57(35(27)33)19-39(45,46)47)34(53-24)21(11-20-12-22(43)15-23(44)13-20)14-25(58)17-56-37-32(36(55-56)41(50,51)52)28-16-29(28)40(37,48)49/h4,7-9,13-14,16,22,27,30-31,34,41H,5-6,12,15,17-20H2,1-3H3;5-8,12-13,15,21,28-29H,11,14,16-19H2,1-4H3/t22-,30+,31-;21-,28+,29-/m11/s1. The average Bonchev–Trinajstić information content (AvgIpc) is 1.52. The maximum atomic E-state index is 15.5. The minimum atomic E-state index is -5.16. The summed E-state index contributed by atoms with van der Waals surface area (Å²) in [6.45, 7) is 0.418. The second-order valence-corrected chi connectivity index (χ2v) is 44.0. The van der Waals surface area contributed by atoms with Crippen molar-refractivity contribution in [1.29, 1.82) is 0 Å². The van der Waals surface area contributed by atoms with Gasteiger partial charge in [-0.3, -0.25) is 28.3 Å². The van der Waals surface area contributed by atoms with Crippen molar-refractivity contribution in [3.8, 4) is 45.9 Å². The van der Waals surface area contributed by atoms with Gasteiger partial charge in [-0.15, -0.1) is 0 Å². The molecule has 20 nitrogen and oxygen atoms in total. The first-order valence-corrected chi connectivity index (χ1v) is 47.4. The molecule has 0 unspecified atom stereocenters. The van der Waals surface area contributed by atoms with Crippen LogP contribution in [0.15, 0.2) is 84.9 Å². The van der Waals surface area contributed by atoms with Crippen LogP contribution >= 0.6 is 23.2 Å². The molecule has 10 aromatic rings. The number of carbonyl (C=O) groups is 2. The Labute approximate surface area is 729 Å². The normalized spacial score (nSPS) is 18.2. The van der Waals surface area contributed by atoms with Crippen molar-refractivity contribution in [3.63, 3.8) is 0 Å². The summed E-state index contributed by atoms with van der Waals surface area (Å²) in [5.74, 6) is -11.6. The predicted molar refractivity (Wildman–Crippen MR) is 433 cm³/mol. The Kier molecular flexibility index (Phi) is 24.7. The van der Waals surface area contributed by atoms with Crippen LogP contribution in [0, 0.1) is 58.8 Å². The Morgan fingerprint density at radius 1 is 0.523 bits per heavy atom. The third kappa shape index (κ3) is 19.3. The van der Waals surface area contributed by atoms with E-state index in [0.29, 0.717) is 34.3 Å². The fourth-order valence-corrected chi connectivity index (χ4v) is 19.8. The number of sulfone groups is 4. The van der Waals surface area contributed by atoms with Crippen molar-refractivity contribution >= 4 is 95.9 Å². The highest BCUT2D eigenvalue weighted by atomic mass is 35.5. The van der Waals surface area contributed by atoms with Crippen molar-refractivity contribution < 1.29 is 122 Å². The van der Waals surface area contributed by atoms with Crippen LogP contribution in [0.3, 0.4) is 0 Å². The van der Waals surface area contributed by atoms with Gasteiger partial charge in [0.2, 0.25) is 0 Å². The van der Waals surface area contributed by atoms with Gasteiger partial charge in [0, 0.05) is 112 Å². The quantitative estimate of drug-likeness (QED) is 0.0342. The molecule has 3 fully saturated rings. The lowest BCUT2D eigenvalue weighted by Gasteiger charge is -2.22. The van der Waals surface area contributed by atoms with E-state index in [1.54, 1.807) is 0 Å². The number of aromatic nitrogens is 10. The van der Waals surface area contributed by atoms with E-state index in [1.165, 1.54) is 76.2 Å². The topological polar surface area (TPSA) is 268 Å². The minimum absolute atomic E-state index is 0.0131. The van der Waals surface area contributed by atoms with E-state index in [9.17, 15) is 105 Å². The molecule has 6 heterocycles. The van der Waals surface area contributed by atoms with E-state index in [2.05, 4.69) is 49.1 Å². The third-order valence-corrected chi connectivity index (χ3v) is 30.6. The summed E-state index contributed by atoms with van der Waals surface area (Å²) in [6, 6.07) is 15.4. The molecule has 682 valence electrons. The van der Waals surface area contributed by atoms with E-state index in [4.69, 9.17) is 28.2 Å². The lowest BCUT2D eigenvalue weighted by molar-refractivity contribution is -0.143. The first-order valence-electron chi connectivity index (χ1n) is 39.0. The summed E-state index contributed by atoms with van der Waals surface area (Å²) in [5.41, 5.74) is -7.00. The SMILES string of the molecule is CC(C)(C#Cc1ccc(-c2ccc(Cl)c3c(CS(=O)(=O)C4CC4)nn(CC(F)F)c23)c([C@@H](CC(=O)Cn2nc(C(F)F)c3c2C(F)(F)[C@@H]2C[C@H]32)Cc2cc(F)cc(F)c2)n1)S(C)(=O)=O.CC(C)(C#Cc1ccc(-c2ccc(Cl)c3c(CS(C)(=O)=O)nn(CC(F)(F)F)c23)c([C@@H](CC(=O)Cn2nc(C(F)(F)F)c3c2C(F)(F)[C@@H]2C[C@H]32)Cc2cc(F)cc(F)c2)n1)S(C)(=O)=O. The summed E-state index contributed by atoms with van der Waals surface area (Å²) in [6.07, 6.45) is -15.4. The zero-order chi connectivity index (χ0) is 93.7. The molecule has 5 aliphatic carbocycles. The average molecular weight is 1920 g/mol. The molecule has 15 rings (SSSR count). The fraction of sp³-hybridized carbons (Fsp3) is 0.429. The molecule has 0 radical (unpaired) electrons. The van der Waals surface area contributed by atoms with Gasteiger partial charge in [0.05, 0.1) is 60.6 Å². The van der Waals surface area contributed by atoms with E-state index in [-0.39, 0.29) is 129 Å². The molecule has 6 atom stereocenters. The Balaban J connectivity index is 0.000000207. The maximum absolute atomic E-state index is 15.5. The molecule has 3 saturated carbocycles. The molecule has 5 aliphatic rings. The smallest absolute Gasteiger partial charge is 0.298 e. The number of carbonyl (C=O) groups excluding carboxylic acids is 2. The molecule has 0 N–H and O–H groups in total. The Bertz CT molecular complexity index is 6850. The van der Waals surface area contributed by atoms with Gasteiger partial charge < -0.3 is 0 Å². The lowest BCUT2D eigenvalue weighted by atomic mass is 9.86. The molecule has 128 heavy (non-hydrogen) atoms. The number of halogens is 20. The molecular formula is C84H72Cl2F18N10O10S4. The van der Waals surface area contributed by atoms with Crippen LogP contribution in [-0.4, -0.2) is 140 Å². The second-order valence-electron chi connectivity index (χ2n) is 33.6. The van der Waals surface area contributed by atoms with Gasteiger partial charge in [-0.25, -0.2) is 78.8 Å². The number of pyridine rings is 2. The van der Waals surface area contributed by atoms with Gasteiger partial charge >= 0.3 is 12.4 Å². The molecule has 0 saturated heterocycles. The maximum Gasteiger partial charge on any atom is 0.435 e. The largest absolute Gasteiger partial charge is 0.435 e. The summed E-state index contributed by atoms with van der Waals surface area (Å²) in [5, 5.41) is 14.3. The van der Waals surface area contributed by atoms with Crippen LogP contribution in [0.4, 0.5) is 79.0 Å². The van der Waals surface area contributed by atoms with Crippen LogP contribution in [0.2, 0.25) is 10.0 Å². The minimum Gasteiger partial charge on any atom is -0.298 e. The first-order chi connectivity index (χ1) is 59.2. The molecule has 0 bridgehead atoms. The van der Waals surface area contributed by atoms with E-state index in [0.717, 1.165) is 47.7 Å². The van der Waals surface area contributed by atoms with Crippen molar-refractivity contribution in [2.75, 3.05) is 18.8 Å². The number of Topliss-reactive ketones (excluding diaryl/α,β-unsaturated/α-hetero) is 2. The van der Waals surface area contributed by atoms with Crippen molar-refractivity contribution in [2.24, 2.45) is 11.8 Å². The van der Waals surface area contributed by atoms with E-state index >= 15 is 17.6 Å². The molecule has 4 aromatic carbocycles. The van der Waals surface area contributed by atoms with Gasteiger partial charge in [-0.1, -0.05) is 47.2 Å². The van der Waals surface area contributed by atoms with Crippen molar-refractivity contribution in [2.45, 2.75) is 192 Å². The van der Waals surface area contributed by atoms with Crippen LogP contribution in [-0.2, 0) is 117 Å². The fourth-order valence-electron chi connectivity index (χ4n) is 16.4. The third-order valence-electron chi connectivity index (χ3n) is 23.1. The predicted octanol–water partition coefficient (Wildman–Crippen LogP) is 17.6. The van der Waals surface area contributed by atoms with Crippen molar-refractivity contribution in [1.82, 2.24) is 49.1 Å². The zero-order valence-electron chi connectivity index (χ0n) is 67.9. The van der Waals surface area contributed by atoms with Crippen LogP contribution in [0.5, 0.6) is 0 Å². The summed E-state index contributed by atoms with van der Waals surface area (Å²) >= 11 is 13.2. The highest BCUT2D eigenvalue weighted by molar-refractivity contribution is 7.92. The van der Waals surface area contributed by atoms with Gasteiger partial charge in [-0.2, -0.15) is 64.3 Å². The Morgan fingerprint density at radius 2 is 0.930 bits per heavy atom. The van der Waals surface area contributed by atoms with Crippen LogP contribution in [0.1, 0.15) is 176 Å². The summed E-state index contributed by atoms with van der Waals surface area (Å²) in [4.78, 5) is 37.6. The van der Waals surface area contributed by atoms with Crippen LogP contribution in [0.25, 0.3) is 44.1 Å². The number of fused-ring (bicyclic) bond motifs is 8. The molecular weight excluding hydrogens is 1850 g/mol. The molecule has 0 spiro atoms. The summed E-state index contributed by atoms with van der Waals surface area (Å²) in [7, 11) is -15.3. The van der Waals surface area contributed by atoms with E-state index < -0.39 is 247 Å². The first kappa shape index (κ1) is 94.2. The molecule has 0 aliphatic heterocycles. The lowest BCUT2D eigenvalue weighted by Crippen LogP contribution is -2.28. The Morgan fingerprint density at radius 3 is 1.34 bits per heavy atom. The van der Waals surface area contributed by atoms with Gasteiger partial charge in [0.25, 0.3) is 24.7 Å². The van der Waals surface area contributed by atoms with E-state index in [1.807, 2.05) is 0 Å². The monoisotopic (exact) mass is 1920 g/mol. The number of hydrogen-bond acceptors (Lipinski definition) is 16. The number of benzene rings is 4. The second kappa shape index (κ2) is 33.5. The summed E-state index contributed by atoms with van der Waals surface area (Å²) < 4.78 is 363. The Hall–Kier alpha value is -9.88. The highest BCUT2D eigenvalue weighted by Gasteiger charge is 2.69. The number of rotatable bonds is 27. The van der Waals surface area contributed by atoms with Gasteiger partial charge in [0.15, 0.2) is 56.6 Å². The number of hydrogen-bond donors (Lipinski definition) is 0. The molecule has 0 amide bonds.